The number of methoxy groups -OCH3 is 2. The first-order valence-corrected chi connectivity index (χ1v) is 7.37. The molecule has 0 unspecified atom stereocenters. The van der Waals surface area contributed by atoms with E-state index in [0.717, 1.165) is 5.56 Å². The third kappa shape index (κ3) is 4.59. The van der Waals surface area contributed by atoms with Crippen LogP contribution < -0.4 is 14.2 Å². The molecule has 2 aromatic rings. The molecule has 2 aromatic carbocycles. The maximum atomic E-state index is 10.8. The summed E-state index contributed by atoms with van der Waals surface area (Å²) in [5.41, 5.74) is 1.25. The number of carbonyl (C=O) groups excluding carboxylic acids is 1. The lowest BCUT2D eigenvalue weighted by atomic mass is 10.2. The predicted molar refractivity (Wildman–Crippen MR) is 88.9 cm³/mol. The fourth-order valence-corrected chi connectivity index (χ4v) is 2.08. The summed E-state index contributed by atoms with van der Waals surface area (Å²) in [6.07, 6.45) is 1.53. The zero-order valence-corrected chi connectivity index (χ0v) is 13.7. The van der Waals surface area contributed by atoms with Gasteiger partial charge in [-0.25, -0.2) is 4.79 Å². The monoisotopic (exact) mass is 329 g/mol. The number of benzene rings is 2. The molecular weight excluding hydrogens is 310 g/mol. The Kier molecular flexibility index (Phi) is 6.83. The highest BCUT2D eigenvalue weighted by atomic mass is 16.5. The van der Waals surface area contributed by atoms with E-state index in [9.17, 15) is 4.79 Å². The quantitative estimate of drug-likeness (QED) is 0.401. The zero-order valence-electron chi connectivity index (χ0n) is 13.7. The summed E-state index contributed by atoms with van der Waals surface area (Å²) in [6.45, 7) is 1.12. The van der Waals surface area contributed by atoms with E-state index >= 15 is 0 Å². The molecule has 0 saturated carbocycles. The van der Waals surface area contributed by atoms with Gasteiger partial charge in [-0.15, -0.1) is 0 Å². The number of hydrogen-bond acceptors (Lipinski definition) is 6. The van der Waals surface area contributed by atoms with Crippen LogP contribution in [0.15, 0.2) is 47.5 Å². The van der Waals surface area contributed by atoms with E-state index in [1.54, 1.807) is 19.2 Å². The molecule has 0 fully saturated rings. The molecule has 0 heterocycles. The van der Waals surface area contributed by atoms with Gasteiger partial charge in [-0.05, 0) is 17.7 Å². The van der Waals surface area contributed by atoms with E-state index in [-0.39, 0.29) is 5.69 Å². The van der Waals surface area contributed by atoms with Gasteiger partial charge in [-0.3, -0.25) is 0 Å². The summed E-state index contributed by atoms with van der Waals surface area (Å²) in [4.78, 5) is 14.5. The zero-order chi connectivity index (χ0) is 17.2. The van der Waals surface area contributed by atoms with E-state index in [1.807, 2.05) is 30.3 Å². The largest absolute Gasteiger partial charge is 0.491 e. The first kappa shape index (κ1) is 17.5. The SMILES string of the molecule is COCCOc1ccc(OCc2ccccc2)c(N=C=O)c1OC. The number of hydrogen-bond donors (Lipinski definition) is 0. The molecule has 2 rings (SSSR count). The number of aliphatic imine (C=N–C) groups is 1. The Balaban J connectivity index is 2.25. The highest BCUT2D eigenvalue weighted by Crippen LogP contribution is 2.44. The van der Waals surface area contributed by atoms with Crippen LogP contribution in [0.25, 0.3) is 0 Å². The van der Waals surface area contributed by atoms with Crippen LogP contribution in [0.2, 0.25) is 0 Å². The van der Waals surface area contributed by atoms with Gasteiger partial charge >= 0.3 is 0 Å². The first-order valence-electron chi connectivity index (χ1n) is 7.37. The molecule has 0 aliphatic heterocycles. The van der Waals surface area contributed by atoms with Crippen LogP contribution in [0.1, 0.15) is 5.56 Å². The summed E-state index contributed by atoms with van der Waals surface area (Å²) in [7, 11) is 3.06. The van der Waals surface area contributed by atoms with Gasteiger partial charge in [0.1, 0.15) is 19.0 Å². The molecule has 0 N–H and O–H groups in total. The Morgan fingerprint density at radius 2 is 1.71 bits per heavy atom. The third-order valence-corrected chi connectivity index (χ3v) is 3.20. The molecule has 0 aromatic heterocycles. The Morgan fingerprint density at radius 3 is 2.38 bits per heavy atom. The Hall–Kier alpha value is -2.82. The molecule has 0 bridgehead atoms. The van der Waals surface area contributed by atoms with Crippen molar-refractivity contribution in [1.82, 2.24) is 0 Å². The van der Waals surface area contributed by atoms with E-state index in [4.69, 9.17) is 18.9 Å². The van der Waals surface area contributed by atoms with Crippen molar-refractivity contribution in [3.8, 4) is 17.2 Å². The highest BCUT2D eigenvalue weighted by Gasteiger charge is 2.16. The minimum Gasteiger partial charge on any atom is -0.491 e. The summed E-state index contributed by atoms with van der Waals surface area (Å²) >= 11 is 0. The van der Waals surface area contributed by atoms with Crippen LogP contribution in [-0.2, 0) is 16.1 Å². The number of ether oxygens (including phenoxy) is 4. The smallest absolute Gasteiger partial charge is 0.240 e. The molecule has 0 spiro atoms. The Bertz CT molecular complexity index is 696. The van der Waals surface area contributed by atoms with E-state index < -0.39 is 0 Å². The van der Waals surface area contributed by atoms with E-state index in [1.165, 1.54) is 13.2 Å². The topological polar surface area (TPSA) is 66.3 Å². The number of isocyanates is 1. The van der Waals surface area contributed by atoms with Crippen LogP contribution in [0.5, 0.6) is 17.2 Å². The molecule has 0 atom stereocenters. The lowest BCUT2D eigenvalue weighted by molar-refractivity contribution is 0.144. The lowest BCUT2D eigenvalue weighted by Crippen LogP contribution is -2.05. The minimum absolute atomic E-state index is 0.248. The fourth-order valence-electron chi connectivity index (χ4n) is 2.08. The minimum atomic E-state index is 0.248. The van der Waals surface area contributed by atoms with Crippen LogP contribution in [-0.4, -0.2) is 33.5 Å². The van der Waals surface area contributed by atoms with Crippen LogP contribution >= 0.6 is 0 Å². The summed E-state index contributed by atoms with van der Waals surface area (Å²) < 4.78 is 21.6. The van der Waals surface area contributed by atoms with Gasteiger partial charge in [0.15, 0.2) is 17.2 Å². The van der Waals surface area contributed by atoms with Gasteiger partial charge in [0.2, 0.25) is 6.08 Å². The van der Waals surface area contributed by atoms with Gasteiger partial charge in [-0.1, -0.05) is 30.3 Å². The van der Waals surface area contributed by atoms with Gasteiger partial charge < -0.3 is 18.9 Å². The average Bonchev–Trinajstić information content (AvgIpc) is 2.62. The second-order valence-electron chi connectivity index (χ2n) is 4.76. The van der Waals surface area contributed by atoms with Gasteiger partial charge in [0.05, 0.1) is 13.7 Å². The maximum Gasteiger partial charge on any atom is 0.240 e. The molecule has 126 valence electrons. The van der Waals surface area contributed by atoms with Gasteiger partial charge in [-0.2, -0.15) is 4.99 Å². The molecule has 6 nitrogen and oxygen atoms in total. The van der Waals surface area contributed by atoms with Crippen molar-refractivity contribution in [2.24, 2.45) is 4.99 Å². The number of rotatable bonds is 9. The lowest BCUT2D eigenvalue weighted by Gasteiger charge is -2.15. The van der Waals surface area contributed by atoms with Crippen molar-refractivity contribution in [2.75, 3.05) is 27.4 Å². The van der Waals surface area contributed by atoms with Crippen molar-refractivity contribution in [3.63, 3.8) is 0 Å². The second-order valence-corrected chi connectivity index (χ2v) is 4.76. The summed E-state index contributed by atoms with van der Waals surface area (Å²) in [5.74, 6) is 1.19. The maximum absolute atomic E-state index is 10.8. The van der Waals surface area contributed by atoms with Crippen LogP contribution in [0, 0.1) is 0 Å². The molecule has 6 heteroatoms. The molecule has 0 radical (unpaired) electrons. The van der Waals surface area contributed by atoms with Gasteiger partial charge in [0.25, 0.3) is 0 Å². The Morgan fingerprint density at radius 1 is 0.958 bits per heavy atom. The molecule has 0 saturated heterocycles. The summed E-state index contributed by atoms with van der Waals surface area (Å²) in [5, 5.41) is 0. The average molecular weight is 329 g/mol. The number of nitrogens with zero attached hydrogens (tertiary/aromatic N) is 1. The fraction of sp³-hybridized carbons (Fsp3) is 0.278. The normalized spacial score (nSPS) is 9.92. The van der Waals surface area contributed by atoms with Crippen molar-refractivity contribution in [1.29, 1.82) is 0 Å². The van der Waals surface area contributed by atoms with Gasteiger partial charge in [0, 0.05) is 7.11 Å². The predicted octanol–water partition coefficient (Wildman–Crippen LogP) is 3.27. The Labute approximate surface area is 140 Å². The molecule has 24 heavy (non-hydrogen) atoms. The molecule has 0 aliphatic rings. The molecular formula is C18H19NO5. The standard InChI is InChI=1S/C18H19NO5/c1-21-10-11-23-16-9-8-15(17(19-13-20)18(16)22-2)24-12-14-6-4-3-5-7-14/h3-9H,10-12H2,1-2H3. The molecule has 0 amide bonds. The van der Waals surface area contributed by atoms with E-state index in [2.05, 4.69) is 4.99 Å². The van der Waals surface area contributed by atoms with Crippen molar-refractivity contribution in [3.05, 3.63) is 48.0 Å². The van der Waals surface area contributed by atoms with Crippen LogP contribution in [0.4, 0.5) is 5.69 Å². The van der Waals surface area contributed by atoms with Crippen molar-refractivity contribution >= 4 is 11.8 Å². The van der Waals surface area contributed by atoms with Crippen LogP contribution in [0.3, 0.4) is 0 Å². The second kappa shape index (κ2) is 9.35. The highest BCUT2D eigenvalue weighted by molar-refractivity contribution is 5.70. The van der Waals surface area contributed by atoms with Crippen molar-refractivity contribution < 1.29 is 23.7 Å². The first-order chi connectivity index (χ1) is 11.8. The van der Waals surface area contributed by atoms with Crippen molar-refractivity contribution in [2.45, 2.75) is 6.61 Å². The summed E-state index contributed by atoms with van der Waals surface area (Å²) in [6, 6.07) is 13.1. The molecule has 0 aliphatic carbocycles. The van der Waals surface area contributed by atoms with E-state index in [0.29, 0.717) is 37.1 Å². The third-order valence-electron chi connectivity index (χ3n) is 3.20.